The molecule has 6 rings (SSSR count). The van der Waals surface area contributed by atoms with E-state index in [-0.39, 0.29) is 17.4 Å². The number of aromatic nitrogens is 7. The van der Waals surface area contributed by atoms with E-state index in [1.165, 1.54) is 26.5 Å². The number of hydrogen-bond acceptors (Lipinski definition) is 11. The number of imidazole rings is 1. The van der Waals surface area contributed by atoms with E-state index < -0.39 is 5.82 Å². The third kappa shape index (κ3) is 4.76. The molecule has 0 amide bonds. The summed E-state index contributed by atoms with van der Waals surface area (Å²) in [4.78, 5) is 31.1. The average Bonchev–Trinajstić information content (AvgIpc) is 3.69. The zero-order valence-corrected chi connectivity index (χ0v) is 23.0. The Labute approximate surface area is 232 Å². The number of benzene rings is 1. The summed E-state index contributed by atoms with van der Waals surface area (Å²) < 4.78 is 29.5. The molecule has 0 radical (unpaired) electrons. The Balaban J connectivity index is 1.15. The molecule has 5 aromatic rings. The molecule has 1 fully saturated rings. The van der Waals surface area contributed by atoms with E-state index in [0.29, 0.717) is 53.9 Å². The lowest BCUT2D eigenvalue weighted by molar-refractivity contribution is 0.144. The SMILES string of the molecule is COCCOc1ccc(N2CCN(CCn3c(=O)n(C)c4c3nc(N)n3nc(-c5nccs5)nc43)CC2)cc1F. The monoisotopic (exact) mass is 568 g/mol. The number of rotatable bonds is 9. The maximum absolute atomic E-state index is 14.5. The van der Waals surface area contributed by atoms with Crippen molar-refractivity contribution in [2.45, 2.75) is 6.54 Å². The van der Waals surface area contributed by atoms with Gasteiger partial charge in [-0.2, -0.15) is 9.50 Å². The molecule has 4 aromatic heterocycles. The highest BCUT2D eigenvalue weighted by Crippen LogP contribution is 2.26. The highest BCUT2D eigenvalue weighted by atomic mass is 32.1. The normalized spacial score (nSPS) is 14.5. The fourth-order valence-corrected chi connectivity index (χ4v) is 5.49. The van der Waals surface area contributed by atoms with Gasteiger partial charge in [-0.25, -0.2) is 19.2 Å². The van der Waals surface area contributed by atoms with Gasteiger partial charge in [-0.1, -0.05) is 0 Å². The van der Waals surface area contributed by atoms with Gasteiger partial charge in [0.15, 0.2) is 27.9 Å². The molecular formula is C25H29FN10O3S. The van der Waals surface area contributed by atoms with Crippen molar-refractivity contribution in [1.82, 2.24) is 38.6 Å². The molecule has 1 saturated heterocycles. The molecule has 5 heterocycles. The Hall–Kier alpha value is -4.08. The number of methoxy groups -OCH3 is 1. The number of nitrogen functional groups attached to an aromatic ring is 1. The van der Waals surface area contributed by atoms with Crippen LogP contribution in [0.2, 0.25) is 0 Å². The van der Waals surface area contributed by atoms with Crippen LogP contribution in [0.4, 0.5) is 16.0 Å². The minimum Gasteiger partial charge on any atom is -0.488 e. The molecule has 0 bridgehead atoms. The third-order valence-electron chi connectivity index (χ3n) is 7.04. The number of thiazole rings is 1. The average molecular weight is 569 g/mol. The second-order valence-electron chi connectivity index (χ2n) is 9.43. The minimum absolute atomic E-state index is 0.146. The molecule has 40 heavy (non-hydrogen) atoms. The number of anilines is 2. The number of fused-ring (bicyclic) bond motifs is 3. The number of aryl methyl sites for hydroxylation is 1. The van der Waals surface area contributed by atoms with E-state index in [0.717, 1.165) is 31.9 Å². The first kappa shape index (κ1) is 26.2. The second-order valence-corrected chi connectivity index (χ2v) is 10.3. The van der Waals surface area contributed by atoms with E-state index in [2.05, 4.69) is 29.9 Å². The van der Waals surface area contributed by atoms with Crippen LogP contribution in [0.15, 0.2) is 34.6 Å². The topological polar surface area (TPSA) is 134 Å². The van der Waals surface area contributed by atoms with Gasteiger partial charge in [-0.15, -0.1) is 16.4 Å². The lowest BCUT2D eigenvalue weighted by atomic mass is 10.2. The van der Waals surface area contributed by atoms with E-state index in [4.69, 9.17) is 15.2 Å². The van der Waals surface area contributed by atoms with Gasteiger partial charge in [0.1, 0.15) is 12.1 Å². The summed E-state index contributed by atoms with van der Waals surface area (Å²) in [6, 6.07) is 5.04. The van der Waals surface area contributed by atoms with Gasteiger partial charge in [-0.05, 0) is 12.1 Å². The Morgan fingerprint density at radius 3 is 2.65 bits per heavy atom. The van der Waals surface area contributed by atoms with Crippen LogP contribution in [0, 0.1) is 5.82 Å². The number of piperazine rings is 1. The van der Waals surface area contributed by atoms with Crippen LogP contribution in [0.3, 0.4) is 0 Å². The lowest BCUT2D eigenvalue weighted by Crippen LogP contribution is -2.47. The van der Waals surface area contributed by atoms with Crippen LogP contribution >= 0.6 is 11.3 Å². The molecule has 1 aromatic carbocycles. The molecule has 2 N–H and O–H groups in total. The van der Waals surface area contributed by atoms with Crippen molar-refractivity contribution < 1.29 is 13.9 Å². The number of nitrogens with zero attached hydrogens (tertiary/aromatic N) is 9. The van der Waals surface area contributed by atoms with Crippen molar-refractivity contribution in [1.29, 1.82) is 0 Å². The molecule has 1 aliphatic heterocycles. The van der Waals surface area contributed by atoms with Crippen molar-refractivity contribution in [3.63, 3.8) is 0 Å². The van der Waals surface area contributed by atoms with Crippen molar-refractivity contribution in [3.8, 4) is 16.6 Å². The number of nitrogens with two attached hydrogens (primary N) is 1. The summed E-state index contributed by atoms with van der Waals surface area (Å²) in [5.74, 6) is 0.408. The Morgan fingerprint density at radius 2 is 1.93 bits per heavy atom. The predicted molar refractivity (Wildman–Crippen MR) is 149 cm³/mol. The largest absolute Gasteiger partial charge is 0.488 e. The zero-order chi connectivity index (χ0) is 27.8. The smallest absolute Gasteiger partial charge is 0.330 e. The van der Waals surface area contributed by atoms with Gasteiger partial charge in [-0.3, -0.25) is 14.0 Å². The molecule has 0 aliphatic carbocycles. The maximum Gasteiger partial charge on any atom is 0.330 e. The summed E-state index contributed by atoms with van der Waals surface area (Å²) in [7, 11) is 3.27. The fraction of sp³-hybridized carbons (Fsp3) is 0.400. The quantitative estimate of drug-likeness (QED) is 0.261. The summed E-state index contributed by atoms with van der Waals surface area (Å²) in [5.41, 5.74) is 8.34. The molecule has 15 heteroatoms. The molecule has 1 aliphatic rings. The number of ether oxygens (including phenoxy) is 2. The van der Waals surface area contributed by atoms with Crippen LogP contribution in [0.5, 0.6) is 5.75 Å². The van der Waals surface area contributed by atoms with Crippen LogP contribution in [-0.4, -0.2) is 91.6 Å². The minimum atomic E-state index is -0.390. The van der Waals surface area contributed by atoms with E-state index in [1.54, 1.807) is 31.0 Å². The summed E-state index contributed by atoms with van der Waals surface area (Å²) in [5, 5.41) is 6.96. The highest BCUT2D eigenvalue weighted by Gasteiger charge is 2.23. The van der Waals surface area contributed by atoms with Crippen LogP contribution < -0.4 is 21.1 Å². The van der Waals surface area contributed by atoms with Crippen molar-refractivity contribution in [2.75, 3.05) is 63.7 Å². The van der Waals surface area contributed by atoms with E-state index in [9.17, 15) is 9.18 Å². The standard InChI is InChI=1S/C25H29FN10O3S/c1-32-19-21(30-24(27)36-22(19)29-20(31-36)23-28-5-14-40-23)35(25(32)37)11-8-33-6-9-34(10-7-33)16-3-4-18(17(26)15-16)39-13-12-38-2/h3-5,14-15H,6-13H2,1-2H3,(H2,27,30). The first-order valence-corrected chi connectivity index (χ1v) is 13.7. The Morgan fingerprint density at radius 1 is 1.10 bits per heavy atom. The molecule has 13 nitrogen and oxygen atoms in total. The van der Waals surface area contributed by atoms with Crippen molar-refractivity contribution in [3.05, 3.63) is 46.1 Å². The molecule has 0 unspecified atom stereocenters. The highest BCUT2D eigenvalue weighted by molar-refractivity contribution is 7.13. The van der Waals surface area contributed by atoms with Gasteiger partial charge in [0.05, 0.1) is 6.61 Å². The van der Waals surface area contributed by atoms with Crippen LogP contribution in [-0.2, 0) is 18.3 Å². The number of halogens is 1. The van der Waals surface area contributed by atoms with Gasteiger partial charge >= 0.3 is 5.69 Å². The first-order valence-electron chi connectivity index (χ1n) is 12.8. The fourth-order valence-electron chi connectivity index (χ4n) is 4.92. The molecular weight excluding hydrogens is 539 g/mol. The summed E-state index contributed by atoms with van der Waals surface area (Å²) in [6.45, 7) is 4.80. The van der Waals surface area contributed by atoms with Crippen LogP contribution in [0.1, 0.15) is 0 Å². The van der Waals surface area contributed by atoms with Gasteiger partial charge in [0, 0.05) is 76.8 Å². The lowest BCUT2D eigenvalue weighted by Gasteiger charge is -2.36. The molecule has 0 saturated carbocycles. The molecule has 0 spiro atoms. The number of hydrogen-bond donors (Lipinski definition) is 1. The summed E-state index contributed by atoms with van der Waals surface area (Å²) in [6.07, 6.45) is 1.68. The maximum atomic E-state index is 14.5. The van der Waals surface area contributed by atoms with Crippen molar-refractivity contribution >= 4 is 39.8 Å². The van der Waals surface area contributed by atoms with Crippen LogP contribution in [0.25, 0.3) is 27.6 Å². The van der Waals surface area contributed by atoms with E-state index in [1.807, 2.05) is 11.4 Å². The van der Waals surface area contributed by atoms with Crippen molar-refractivity contribution in [2.24, 2.45) is 7.05 Å². The Bertz CT molecular complexity index is 1710. The predicted octanol–water partition coefficient (Wildman–Crippen LogP) is 1.47. The van der Waals surface area contributed by atoms with Gasteiger partial charge in [0.2, 0.25) is 11.8 Å². The molecule has 0 atom stereocenters. The zero-order valence-electron chi connectivity index (χ0n) is 22.2. The summed E-state index contributed by atoms with van der Waals surface area (Å²) >= 11 is 1.42. The van der Waals surface area contributed by atoms with E-state index >= 15 is 0 Å². The third-order valence-corrected chi connectivity index (χ3v) is 7.81. The van der Waals surface area contributed by atoms with Gasteiger partial charge < -0.3 is 20.1 Å². The van der Waals surface area contributed by atoms with Gasteiger partial charge in [0.25, 0.3) is 0 Å². The first-order chi connectivity index (χ1) is 19.4. The molecule has 210 valence electrons. The Kier molecular flexibility index (Phi) is 7.08. The second kappa shape index (κ2) is 10.8.